The minimum absolute atomic E-state index is 0. The van der Waals surface area contributed by atoms with E-state index in [0.717, 1.165) is 10.9 Å². The predicted octanol–water partition coefficient (Wildman–Crippen LogP) is -1.60. The van der Waals surface area contributed by atoms with Crippen molar-refractivity contribution in [3.05, 3.63) is 47.4 Å². The van der Waals surface area contributed by atoms with Gasteiger partial charge in [0.25, 0.3) is 0 Å². The van der Waals surface area contributed by atoms with Gasteiger partial charge in [0.2, 0.25) is 0 Å². The Labute approximate surface area is 143 Å². The molecule has 0 aromatic rings. The Morgan fingerprint density at radius 3 is 1.67 bits per heavy atom. The van der Waals surface area contributed by atoms with Crippen molar-refractivity contribution >= 4 is 35.4 Å². The van der Waals surface area contributed by atoms with Crippen molar-refractivity contribution in [2.24, 2.45) is 0 Å². The summed E-state index contributed by atoms with van der Waals surface area (Å²) >= 11 is -2.70. The van der Waals surface area contributed by atoms with Gasteiger partial charge in [-0.05, 0) is 0 Å². The van der Waals surface area contributed by atoms with E-state index in [0.29, 0.717) is 0 Å². The van der Waals surface area contributed by atoms with Crippen molar-refractivity contribution < 1.29 is 54.5 Å². The Balaban J connectivity index is 0.00000112. The second kappa shape index (κ2) is 6.31. The van der Waals surface area contributed by atoms with Crippen molar-refractivity contribution in [3.63, 3.8) is 0 Å². The van der Waals surface area contributed by atoms with Gasteiger partial charge in [-0.15, -0.1) is 0 Å². The smallest absolute Gasteiger partial charge is 1.00 e. The molecule has 6 radical (unpaired) electrons. The predicted molar refractivity (Wildman–Crippen MR) is 59.9 cm³/mol. The van der Waals surface area contributed by atoms with Crippen LogP contribution in [0, 0.1) is 0 Å². The van der Waals surface area contributed by atoms with E-state index in [-0.39, 0.29) is 59.3 Å². The van der Waals surface area contributed by atoms with Crippen LogP contribution in [0.5, 0.6) is 0 Å². The van der Waals surface area contributed by atoms with Crippen LogP contribution >= 0.6 is 0 Å². The molecule has 0 saturated heterocycles. The molecule has 2 atom stereocenters. The molecule has 66 valence electrons. The van der Waals surface area contributed by atoms with Crippen molar-refractivity contribution in [3.8, 4) is 0 Å². The maximum Gasteiger partial charge on any atom is 1.00 e. The van der Waals surface area contributed by atoms with E-state index >= 15 is 0 Å². The molecule has 0 bridgehead atoms. The van der Waals surface area contributed by atoms with E-state index in [4.69, 9.17) is 15.7 Å². The largest absolute Gasteiger partial charge is 1.00 e. The van der Waals surface area contributed by atoms with Gasteiger partial charge in [-0.1, -0.05) is 0 Å². The van der Waals surface area contributed by atoms with Crippen LogP contribution in [0.3, 0.4) is 0 Å². The van der Waals surface area contributed by atoms with E-state index in [2.05, 4.69) is 0 Å². The number of allylic oxidation sites excluding steroid dienone is 8. The first kappa shape index (κ1) is 14.4. The van der Waals surface area contributed by atoms with E-state index in [1.807, 2.05) is 36.5 Å². The van der Waals surface area contributed by atoms with Crippen LogP contribution in [-0.4, -0.2) is 35.4 Å². The SMILES string of the molecule is [B-]C1=C[CH]([Sn](=[O])[CH]2C=CC([B-])=C2)C=C1.[K+]. The Bertz CT molecular complexity index is 362. The zero-order valence-corrected chi connectivity index (χ0v) is 14.7. The molecule has 2 rings (SSSR count). The monoisotopic (exact) mass is 325 g/mol. The van der Waals surface area contributed by atoms with Crippen molar-refractivity contribution in [1.29, 1.82) is 0 Å². The van der Waals surface area contributed by atoms with Crippen molar-refractivity contribution in [2.45, 2.75) is 7.87 Å². The molecule has 0 aromatic heterocycles. The molecule has 0 fully saturated rings. The molecule has 0 aromatic carbocycles. The van der Waals surface area contributed by atoms with E-state index in [9.17, 15) is 3.08 Å². The van der Waals surface area contributed by atoms with Crippen LogP contribution < -0.4 is 51.4 Å². The molecule has 0 amide bonds. The normalized spacial score (nSPS) is 27.3. The topological polar surface area (TPSA) is 17.1 Å². The zero-order valence-electron chi connectivity index (χ0n) is 8.68. The van der Waals surface area contributed by atoms with Gasteiger partial charge in [0, 0.05) is 0 Å². The van der Waals surface area contributed by atoms with Gasteiger partial charge < -0.3 is 0 Å². The van der Waals surface area contributed by atoms with E-state index in [1.165, 1.54) is 0 Å². The molecule has 0 heterocycles. The molecule has 0 aliphatic heterocycles. The Morgan fingerprint density at radius 1 is 1.00 bits per heavy atom. The summed E-state index contributed by atoms with van der Waals surface area (Å²) in [6.45, 7) is 0. The molecule has 5 heteroatoms. The molecule has 1 nitrogen and oxygen atoms in total. The van der Waals surface area contributed by atoms with Crippen LogP contribution in [0.2, 0.25) is 7.87 Å². The van der Waals surface area contributed by atoms with Crippen molar-refractivity contribution in [1.82, 2.24) is 0 Å². The Kier molecular flexibility index (Phi) is 6.05. The van der Waals surface area contributed by atoms with Crippen molar-refractivity contribution in [2.75, 3.05) is 0 Å². The molecule has 2 aliphatic carbocycles. The second-order valence-corrected chi connectivity index (χ2v) is 9.61. The van der Waals surface area contributed by atoms with Gasteiger partial charge in [0.05, 0.1) is 0 Å². The summed E-state index contributed by atoms with van der Waals surface area (Å²) in [7, 11) is 11.2. The molecular formula is C10H8B2KOSn-. The van der Waals surface area contributed by atoms with Crippen LogP contribution in [0.25, 0.3) is 0 Å². The summed E-state index contributed by atoms with van der Waals surface area (Å²) in [6.07, 6.45) is 11.3. The molecule has 0 spiro atoms. The fourth-order valence-corrected chi connectivity index (χ4v) is 6.58. The third-order valence-corrected chi connectivity index (χ3v) is 8.19. The average molecular weight is 324 g/mol. The summed E-state index contributed by atoms with van der Waals surface area (Å²) < 4.78 is 12.3. The molecule has 0 N–H and O–H groups in total. The minimum atomic E-state index is -2.70. The van der Waals surface area contributed by atoms with Gasteiger partial charge in [-0.2, -0.15) is 0 Å². The number of hydrogen-bond acceptors (Lipinski definition) is 1. The number of rotatable bonds is 2. The molecule has 2 aliphatic rings. The van der Waals surface area contributed by atoms with Gasteiger partial charge in [-0.3, -0.25) is 0 Å². The Morgan fingerprint density at radius 2 is 1.40 bits per heavy atom. The summed E-state index contributed by atoms with van der Waals surface area (Å²) in [5, 5.41) is 0. The minimum Gasteiger partial charge on any atom is 1.00 e. The average Bonchev–Trinajstić information content (AvgIpc) is 2.73. The standard InChI is InChI=1S/2C5H4B.K.O.Sn/c2*6-5-3-1-2-4-5;;;/h2*1-4H;;;/q2*-1;+1;;. The van der Waals surface area contributed by atoms with Gasteiger partial charge >= 0.3 is 145 Å². The Hall–Kier alpha value is 1.32. The number of hydrogen-bond donors (Lipinski definition) is 0. The first-order chi connectivity index (χ1) is 6.66. The zero-order chi connectivity index (χ0) is 10.1. The third-order valence-electron chi connectivity index (χ3n) is 2.39. The molecule has 0 saturated carbocycles. The third kappa shape index (κ3) is 3.64. The molecule has 15 heavy (non-hydrogen) atoms. The fourth-order valence-electron chi connectivity index (χ4n) is 1.64. The summed E-state index contributed by atoms with van der Waals surface area (Å²) in [6, 6.07) is 0. The summed E-state index contributed by atoms with van der Waals surface area (Å²) in [5.41, 5.74) is 1.45. The summed E-state index contributed by atoms with van der Waals surface area (Å²) in [4.78, 5) is 0. The van der Waals surface area contributed by atoms with Crippen LogP contribution in [-0.2, 0) is 3.08 Å². The molecular weight excluding hydrogens is 316 g/mol. The summed E-state index contributed by atoms with van der Waals surface area (Å²) in [5.74, 6) is 0. The van der Waals surface area contributed by atoms with Gasteiger partial charge in [0.1, 0.15) is 0 Å². The van der Waals surface area contributed by atoms with Gasteiger partial charge in [0.15, 0.2) is 0 Å². The fraction of sp³-hybridized carbons (Fsp3) is 0.200. The quantitative estimate of drug-likeness (QED) is 0.559. The molecule has 2 unspecified atom stereocenters. The first-order valence-electron chi connectivity index (χ1n) is 4.51. The van der Waals surface area contributed by atoms with Gasteiger partial charge in [-0.25, -0.2) is 0 Å². The second-order valence-electron chi connectivity index (χ2n) is 3.51. The maximum atomic E-state index is 12.1. The first-order valence-corrected chi connectivity index (χ1v) is 8.97. The van der Waals surface area contributed by atoms with Crippen LogP contribution in [0.15, 0.2) is 47.4 Å². The van der Waals surface area contributed by atoms with E-state index in [1.54, 1.807) is 0 Å². The van der Waals surface area contributed by atoms with Crippen LogP contribution in [0.1, 0.15) is 0 Å². The maximum absolute atomic E-state index is 12.1. The van der Waals surface area contributed by atoms with E-state index < -0.39 is 19.7 Å². The van der Waals surface area contributed by atoms with Crippen LogP contribution in [0.4, 0.5) is 0 Å².